The largest absolute Gasteiger partial charge is 0.368 e. The van der Waals surface area contributed by atoms with E-state index < -0.39 is 0 Å². The zero-order valence-corrected chi connectivity index (χ0v) is 11.7. The molecule has 5 heteroatoms. The Kier molecular flexibility index (Phi) is 3.94. The molecule has 100 valence electrons. The number of hydrogen-bond donors (Lipinski definition) is 1. The number of morpholine rings is 1. The van der Waals surface area contributed by atoms with Crippen molar-refractivity contribution in [2.24, 2.45) is 0 Å². The van der Waals surface area contributed by atoms with Crippen molar-refractivity contribution >= 4 is 11.3 Å². The van der Waals surface area contributed by atoms with E-state index in [0.717, 1.165) is 36.9 Å². The Morgan fingerprint density at radius 3 is 3.44 bits per heavy atom. The molecule has 0 aliphatic carbocycles. The van der Waals surface area contributed by atoms with E-state index in [1.807, 2.05) is 0 Å². The topological polar surface area (TPSA) is 37.4 Å². The van der Waals surface area contributed by atoms with Crippen LogP contribution in [-0.4, -0.2) is 42.2 Å². The lowest BCUT2D eigenvalue weighted by atomic mass is 10.2. The molecule has 0 spiro atoms. The summed E-state index contributed by atoms with van der Waals surface area (Å²) in [7, 11) is 0. The molecule has 0 bridgehead atoms. The van der Waals surface area contributed by atoms with Gasteiger partial charge in [0, 0.05) is 24.5 Å². The lowest BCUT2D eigenvalue weighted by Crippen LogP contribution is -2.42. The van der Waals surface area contributed by atoms with Gasteiger partial charge >= 0.3 is 0 Å². The minimum atomic E-state index is 0.194. The molecule has 2 atom stereocenters. The standard InChI is InChI=1S/C13H21N3OS/c1-2-14-6-10-9-18-13(15-10)12-7-16-5-3-4-11(16)8-17-12/h9,11-12,14H,2-8H2,1H3. The molecule has 2 aliphatic rings. The van der Waals surface area contributed by atoms with Crippen molar-refractivity contribution in [3.63, 3.8) is 0 Å². The van der Waals surface area contributed by atoms with Crippen molar-refractivity contribution < 1.29 is 4.74 Å². The molecule has 0 saturated carbocycles. The van der Waals surface area contributed by atoms with E-state index in [2.05, 4.69) is 27.5 Å². The molecule has 2 fully saturated rings. The van der Waals surface area contributed by atoms with Gasteiger partial charge in [-0.1, -0.05) is 6.92 Å². The zero-order chi connectivity index (χ0) is 12.4. The van der Waals surface area contributed by atoms with Crippen LogP contribution < -0.4 is 5.32 Å². The van der Waals surface area contributed by atoms with Crippen LogP contribution in [-0.2, 0) is 11.3 Å². The maximum absolute atomic E-state index is 5.98. The number of ether oxygens (including phenoxy) is 1. The second-order valence-electron chi connectivity index (χ2n) is 5.07. The van der Waals surface area contributed by atoms with E-state index in [1.165, 1.54) is 19.4 Å². The molecule has 1 aromatic rings. The monoisotopic (exact) mass is 267 g/mol. The Morgan fingerprint density at radius 1 is 1.61 bits per heavy atom. The summed E-state index contributed by atoms with van der Waals surface area (Å²) in [6.07, 6.45) is 2.82. The van der Waals surface area contributed by atoms with E-state index in [1.54, 1.807) is 11.3 Å². The van der Waals surface area contributed by atoms with E-state index >= 15 is 0 Å². The molecular formula is C13H21N3OS. The summed E-state index contributed by atoms with van der Waals surface area (Å²) in [5, 5.41) is 6.61. The first-order chi connectivity index (χ1) is 8.86. The molecule has 18 heavy (non-hydrogen) atoms. The van der Waals surface area contributed by atoms with Crippen LogP contribution in [0.3, 0.4) is 0 Å². The predicted molar refractivity (Wildman–Crippen MR) is 72.8 cm³/mol. The van der Waals surface area contributed by atoms with Crippen LogP contribution in [0.5, 0.6) is 0 Å². The average molecular weight is 267 g/mol. The third kappa shape index (κ3) is 2.59. The van der Waals surface area contributed by atoms with Gasteiger partial charge < -0.3 is 10.1 Å². The van der Waals surface area contributed by atoms with E-state index in [9.17, 15) is 0 Å². The van der Waals surface area contributed by atoms with E-state index in [-0.39, 0.29) is 6.10 Å². The highest BCUT2D eigenvalue weighted by Crippen LogP contribution is 2.31. The molecule has 4 nitrogen and oxygen atoms in total. The lowest BCUT2D eigenvalue weighted by Gasteiger charge is -2.34. The summed E-state index contributed by atoms with van der Waals surface area (Å²) >= 11 is 1.74. The zero-order valence-electron chi connectivity index (χ0n) is 10.9. The van der Waals surface area contributed by atoms with Crippen LogP contribution in [0.25, 0.3) is 0 Å². The molecule has 0 radical (unpaired) electrons. The molecule has 2 unspecified atom stereocenters. The number of aromatic nitrogens is 1. The van der Waals surface area contributed by atoms with Crippen molar-refractivity contribution in [1.82, 2.24) is 15.2 Å². The van der Waals surface area contributed by atoms with Crippen LogP contribution >= 0.6 is 11.3 Å². The number of nitrogens with zero attached hydrogens (tertiary/aromatic N) is 2. The summed E-state index contributed by atoms with van der Waals surface area (Å²) in [5.41, 5.74) is 1.14. The summed E-state index contributed by atoms with van der Waals surface area (Å²) < 4.78 is 5.98. The molecule has 3 heterocycles. The third-order valence-electron chi connectivity index (χ3n) is 3.79. The predicted octanol–water partition coefficient (Wildman–Crippen LogP) is 1.79. The van der Waals surface area contributed by atoms with Crippen molar-refractivity contribution in [2.45, 2.75) is 38.5 Å². The van der Waals surface area contributed by atoms with Crippen LogP contribution in [0.2, 0.25) is 0 Å². The van der Waals surface area contributed by atoms with Crippen molar-refractivity contribution in [2.75, 3.05) is 26.2 Å². The second kappa shape index (κ2) is 5.65. The van der Waals surface area contributed by atoms with Gasteiger partial charge in [-0.05, 0) is 25.9 Å². The lowest BCUT2D eigenvalue weighted by molar-refractivity contribution is -0.0502. The molecule has 1 aromatic heterocycles. The smallest absolute Gasteiger partial charge is 0.123 e. The highest BCUT2D eigenvalue weighted by atomic mass is 32.1. The third-order valence-corrected chi connectivity index (χ3v) is 4.78. The average Bonchev–Trinajstić information content (AvgIpc) is 3.04. The highest BCUT2D eigenvalue weighted by molar-refractivity contribution is 7.09. The Morgan fingerprint density at radius 2 is 2.56 bits per heavy atom. The molecule has 2 saturated heterocycles. The SMILES string of the molecule is CCNCc1csc(C2CN3CCCC3CO2)n1. The molecule has 0 amide bonds. The van der Waals surface area contributed by atoms with Gasteiger partial charge in [-0.2, -0.15) is 0 Å². The summed E-state index contributed by atoms with van der Waals surface area (Å²) in [5.74, 6) is 0. The van der Waals surface area contributed by atoms with Crippen molar-refractivity contribution in [3.05, 3.63) is 16.1 Å². The Bertz CT molecular complexity index is 395. The molecule has 2 aliphatic heterocycles. The van der Waals surface area contributed by atoms with Gasteiger partial charge in [0.15, 0.2) is 0 Å². The quantitative estimate of drug-likeness (QED) is 0.902. The first-order valence-corrected chi connectivity index (χ1v) is 7.75. The fraction of sp³-hybridized carbons (Fsp3) is 0.769. The van der Waals surface area contributed by atoms with Crippen LogP contribution in [0.4, 0.5) is 0 Å². The first kappa shape index (κ1) is 12.5. The number of hydrogen-bond acceptors (Lipinski definition) is 5. The summed E-state index contributed by atoms with van der Waals surface area (Å²) in [6, 6.07) is 0.669. The van der Waals surface area contributed by atoms with Gasteiger partial charge in [0.05, 0.1) is 12.3 Å². The van der Waals surface area contributed by atoms with E-state index in [4.69, 9.17) is 4.74 Å². The molecule has 0 aromatic carbocycles. The van der Waals surface area contributed by atoms with Gasteiger partial charge in [-0.3, -0.25) is 4.90 Å². The molecule has 3 rings (SSSR count). The number of fused-ring (bicyclic) bond motifs is 1. The first-order valence-electron chi connectivity index (χ1n) is 6.87. The van der Waals surface area contributed by atoms with Crippen LogP contribution in [0.1, 0.15) is 36.6 Å². The van der Waals surface area contributed by atoms with Gasteiger partial charge in [-0.15, -0.1) is 11.3 Å². The number of nitrogens with one attached hydrogen (secondary N) is 1. The van der Waals surface area contributed by atoms with Gasteiger partial charge in [0.1, 0.15) is 11.1 Å². The summed E-state index contributed by atoms with van der Waals surface area (Å²) in [6.45, 7) is 7.12. The van der Waals surface area contributed by atoms with Crippen molar-refractivity contribution in [1.29, 1.82) is 0 Å². The van der Waals surface area contributed by atoms with Crippen LogP contribution in [0, 0.1) is 0 Å². The second-order valence-corrected chi connectivity index (χ2v) is 5.96. The highest BCUT2D eigenvalue weighted by Gasteiger charge is 2.33. The fourth-order valence-corrected chi connectivity index (χ4v) is 3.63. The normalized spacial score (nSPS) is 28.5. The number of thiazole rings is 1. The maximum atomic E-state index is 5.98. The summed E-state index contributed by atoms with van der Waals surface area (Å²) in [4.78, 5) is 7.26. The number of rotatable bonds is 4. The van der Waals surface area contributed by atoms with Crippen molar-refractivity contribution in [3.8, 4) is 0 Å². The Balaban J connectivity index is 1.62. The van der Waals surface area contributed by atoms with Gasteiger partial charge in [-0.25, -0.2) is 4.98 Å². The molecule has 1 N–H and O–H groups in total. The maximum Gasteiger partial charge on any atom is 0.123 e. The molecular weight excluding hydrogens is 246 g/mol. The van der Waals surface area contributed by atoms with Gasteiger partial charge in [0.2, 0.25) is 0 Å². The fourth-order valence-electron chi connectivity index (χ4n) is 2.77. The van der Waals surface area contributed by atoms with Crippen LogP contribution in [0.15, 0.2) is 5.38 Å². The minimum absolute atomic E-state index is 0.194. The minimum Gasteiger partial charge on any atom is -0.368 e. The van der Waals surface area contributed by atoms with Gasteiger partial charge in [0.25, 0.3) is 0 Å². The Labute approximate surface area is 112 Å². The van der Waals surface area contributed by atoms with E-state index in [0.29, 0.717) is 6.04 Å². The Hall–Kier alpha value is -0.490.